The molecule has 0 radical (unpaired) electrons. The quantitative estimate of drug-likeness (QED) is 0.657. The van der Waals surface area contributed by atoms with E-state index in [1.54, 1.807) is 7.11 Å². The van der Waals surface area contributed by atoms with Crippen LogP contribution in [0.15, 0.2) is 12.1 Å². The third-order valence-corrected chi connectivity index (χ3v) is 3.04. The number of fused-ring (bicyclic) bond motifs is 1. The molecule has 0 spiro atoms. The Morgan fingerprint density at radius 3 is 2.67 bits per heavy atom. The standard InChI is InChI=1S/C13H16O2/c1-9-7-8-10-11(13(9)15-2)5-3-4-6-12(10)14/h7-8H,3-6H2,1-2H3. The van der Waals surface area contributed by atoms with Crippen molar-refractivity contribution in [2.24, 2.45) is 0 Å². The SMILES string of the molecule is COc1c(C)ccc2c1CCCCC2=O. The van der Waals surface area contributed by atoms with Gasteiger partial charge in [0.05, 0.1) is 7.11 Å². The number of ketones is 1. The number of benzene rings is 1. The molecule has 1 aliphatic carbocycles. The van der Waals surface area contributed by atoms with E-state index in [9.17, 15) is 4.79 Å². The molecular weight excluding hydrogens is 188 g/mol. The minimum absolute atomic E-state index is 0.265. The predicted molar refractivity (Wildman–Crippen MR) is 59.6 cm³/mol. The Hall–Kier alpha value is -1.31. The molecule has 1 aromatic rings. The maximum Gasteiger partial charge on any atom is 0.163 e. The summed E-state index contributed by atoms with van der Waals surface area (Å²) in [4.78, 5) is 11.8. The van der Waals surface area contributed by atoms with Crippen LogP contribution in [0.1, 0.15) is 40.7 Å². The van der Waals surface area contributed by atoms with E-state index in [4.69, 9.17) is 4.74 Å². The lowest BCUT2D eigenvalue weighted by Crippen LogP contribution is -2.03. The monoisotopic (exact) mass is 204 g/mol. The van der Waals surface area contributed by atoms with Gasteiger partial charge in [-0.05, 0) is 31.7 Å². The summed E-state index contributed by atoms with van der Waals surface area (Å²) >= 11 is 0. The molecule has 15 heavy (non-hydrogen) atoms. The lowest BCUT2D eigenvalue weighted by atomic mass is 9.98. The maximum atomic E-state index is 11.8. The Morgan fingerprint density at radius 2 is 1.93 bits per heavy atom. The summed E-state index contributed by atoms with van der Waals surface area (Å²) in [7, 11) is 1.68. The molecule has 0 N–H and O–H groups in total. The minimum atomic E-state index is 0.265. The molecule has 2 rings (SSSR count). The molecule has 0 saturated carbocycles. The van der Waals surface area contributed by atoms with Crippen LogP contribution in [0.3, 0.4) is 0 Å². The Morgan fingerprint density at radius 1 is 1.20 bits per heavy atom. The molecule has 0 unspecified atom stereocenters. The van der Waals surface area contributed by atoms with Gasteiger partial charge in [-0.1, -0.05) is 12.1 Å². The second-order valence-corrected chi connectivity index (χ2v) is 4.07. The topological polar surface area (TPSA) is 26.3 Å². The van der Waals surface area contributed by atoms with Crippen LogP contribution in [0.2, 0.25) is 0 Å². The Labute approximate surface area is 90.3 Å². The zero-order chi connectivity index (χ0) is 10.8. The zero-order valence-electron chi connectivity index (χ0n) is 9.30. The van der Waals surface area contributed by atoms with Gasteiger partial charge in [-0.3, -0.25) is 4.79 Å². The smallest absolute Gasteiger partial charge is 0.163 e. The summed E-state index contributed by atoms with van der Waals surface area (Å²) < 4.78 is 5.40. The van der Waals surface area contributed by atoms with E-state index >= 15 is 0 Å². The summed E-state index contributed by atoms with van der Waals surface area (Å²) in [5, 5.41) is 0. The van der Waals surface area contributed by atoms with Crippen LogP contribution in [0, 0.1) is 6.92 Å². The molecule has 0 heterocycles. The third-order valence-electron chi connectivity index (χ3n) is 3.04. The average molecular weight is 204 g/mol. The van der Waals surface area contributed by atoms with Crippen molar-refractivity contribution in [1.82, 2.24) is 0 Å². The highest BCUT2D eigenvalue weighted by Gasteiger charge is 2.19. The fraction of sp³-hybridized carbons (Fsp3) is 0.462. The second kappa shape index (κ2) is 4.05. The van der Waals surface area contributed by atoms with Gasteiger partial charge in [0.25, 0.3) is 0 Å². The molecule has 0 atom stereocenters. The van der Waals surface area contributed by atoms with Gasteiger partial charge in [0.15, 0.2) is 5.78 Å². The molecule has 0 saturated heterocycles. The van der Waals surface area contributed by atoms with E-state index in [0.29, 0.717) is 6.42 Å². The van der Waals surface area contributed by atoms with Crippen molar-refractivity contribution in [2.45, 2.75) is 32.6 Å². The molecule has 1 aliphatic rings. The molecule has 0 bridgehead atoms. The van der Waals surface area contributed by atoms with Gasteiger partial charge in [0.1, 0.15) is 5.75 Å². The number of hydrogen-bond acceptors (Lipinski definition) is 2. The van der Waals surface area contributed by atoms with E-state index in [1.807, 2.05) is 19.1 Å². The van der Waals surface area contributed by atoms with Gasteiger partial charge in [-0.25, -0.2) is 0 Å². The van der Waals surface area contributed by atoms with Crippen molar-refractivity contribution in [3.05, 3.63) is 28.8 Å². The largest absolute Gasteiger partial charge is 0.496 e. The van der Waals surface area contributed by atoms with E-state index in [0.717, 1.165) is 41.7 Å². The molecule has 0 aromatic heterocycles. The average Bonchev–Trinajstić information content (AvgIpc) is 2.41. The molecule has 0 fully saturated rings. The van der Waals surface area contributed by atoms with Crippen LogP contribution in [0.5, 0.6) is 5.75 Å². The van der Waals surface area contributed by atoms with Gasteiger partial charge in [-0.15, -0.1) is 0 Å². The van der Waals surface area contributed by atoms with E-state index in [2.05, 4.69) is 0 Å². The van der Waals surface area contributed by atoms with E-state index < -0.39 is 0 Å². The maximum absolute atomic E-state index is 11.8. The van der Waals surface area contributed by atoms with Crippen LogP contribution >= 0.6 is 0 Å². The second-order valence-electron chi connectivity index (χ2n) is 4.07. The summed E-state index contributed by atoms with van der Waals surface area (Å²) in [6.45, 7) is 2.02. The third kappa shape index (κ3) is 1.76. The lowest BCUT2D eigenvalue weighted by Gasteiger charge is -2.13. The molecule has 1 aromatic carbocycles. The van der Waals surface area contributed by atoms with Crippen LogP contribution in [-0.2, 0) is 6.42 Å². The fourth-order valence-electron chi connectivity index (χ4n) is 2.26. The highest BCUT2D eigenvalue weighted by molar-refractivity contribution is 5.98. The first-order valence-electron chi connectivity index (χ1n) is 5.43. The first-order chi connectivity index (χ1) is 7.24. The molecule has 80 valence electrons. The number of carbonyl (C=O) groups is 1. The molecule has 0 aliphatic heterocycles. The van der Waals surface area contributed by atoms with Crippen molar-refractivity contribution in [2.75, 3.05) is 7.11 Å². The highest BCUT2D eigenvalue weighted by Crippen LogP contribution is 2.31. The molecular formula is C13H16O2. The summed E-state index contributed by atoms with van der Waals surface area (Å²) in [6.07, 6.45) is 3.72. The van der Waals surface area contributed by atoms with Crippen LogP contribution in [-0.4, -0.2) is 12.9 Å². The van der Waals surface area contributed by atoms with Crippen molar-refractivity contribution < 1.29 is 9.53 Å². The van der Waals surface area contributed by atoms with Crippen molar-refractivity contribution in [1.29, 1.82) is 0 Å². The van der Waals surface area contributed by atoms with Crippen molar-refractivity contribution in [3.8, 4) is 5.75 Å². The predicted octanol–water partition coefficient (Wildman–Crippen LogP) is 2.91. The normalized spacial score (nSPS) is 15.7. The lowest BCUT2D eigenvalue weighted by molar-refractivity contribution is 0.0981. The summed E-state index contributed by atoms with van der Waals surface area (Å²) in [5.74, 6) is 1.17. The number of methoxy groups -OCH3 is 1. The first-order valence-corrected chi connectivity index (χ1v) is 5.43. The van der Waals surface area contributed by atoms with Gasteiger partial charge < -0.3 is 4.74 Å². The number of hydrogen-bond donors (Lipinski definition) is 0. The highest BCUT2D eigenvalue weighted by atomic mass is 16.5. The van der Waals surface area contributed by atoms with Gasteiger partial charge >= 0.3 is 0 Å². The summed E-state index contributed by atoms with van der Waals surface area (Å²) in [5.41, 5.74) is 3.10. The number of aryl methyl sites for hydroxylation is 1. The zero-order valence-corrected chi connectivity index (χ0v) is 9.30. The van der Waals surface area contributed by atoms with Crippen molar-refractivity contribution >= 4 is 5.78 Å². The minimum Gasteiger partial charge on any atom is -0.496 e. The Balaban J connectivity index is 2.58. The molecule has 2 heteroatoms. The molecule has 0 amide bonds. The number of rotatable bonds is 1. The summed E-state index contributed by atoms with van der Waals surface area (Å²) in [6, 6.07) is 3.92. The van der Waals surface area contributed by atoms with Gasteiger partial charge in [-0.2, -0.15) is 0 Å². The fourth-order valence-corrected chi connectivity index (χ4v) is 2.26. The van der Waals surface area contributed by atoms with Gasteiger partial charge in [0.2, 0.25) is 0 Å². The van der Waals surface area contributed by atoms with Crippen LogP contribution < -0.4 is 4.74 Å². The molecule has 2 nitrogen and oxygen atoms in total. The number of ether oxygens (including phenoxy) is 1. The van der Waals surface area contributed by atoms with Gasteiger partial charge in [0, 0.05) is 17.5 Å². The first kappa shape index (κ1) is 10.2. The number of carbonyl (C=O) groups excluding carboxylic acids is 1. The van der Waals surface area contributed by atoms with Crippen molar-refractivity contribution in [3.63, 3.8) is 0 Å². The number of Topliss-reactive ketones (excluding diaryl/α,β-unsaturated/α-hetero) is 1. The van der Waals surface area contributed by atoms with E-state index in [1.165, 1.54) is 0 Å². The van der Waals surface area contributed by atoms with Crippen LogP contribution in [0.25, 0.3) is 0 Å². The Bertz CT molecular complexity index is 394. The van der Waals surface area contributed by atoms with E-state index in [-0.39, 0.29) is 5.78 Å². The Kier molecular flexibility index (Phi) is 2.76. The van der Waals surface area contributed by atoms with Crippen LogP contribution in [0.4, 0.5) is 0 Å².